The molecule has 0 saturated carbocycles. The van der Waals surface area contributed by atoms with E-state index in [4.69, 9.17) is 41.0 Å². The molecule has 15 nitrogen and oxygen atoms in total. The molecule has 4 N–H and O–H groups in total. The second kappa shape index (κ2) is 15.1. The quantitative estimate of drug-likeness (QED) is 0.105. The molecule has 3 heterocycles. The van der Waals surface area contributed by atoms with Crippen molar-refractivity contribution in [3.8, 4) is 5.75 Å². The Kier molecular flexibility index (Phi) is 10.9. The molecule has 2 aromatic heterocycles. The number of hydrogen-bond acceptors (Lipinski definition) is 13. The number of aliphatic hydroxyl groups excluding tert-OH is 1. The Balaban J connectivity index is 1.38. The highest BCUT2D eigenvalue weighted by Gasteiger charge is 2.53. The SMILES string of the molecule is CCOC(=O)C(Cc1ccc(NC(=O)c2ccccc2OC)cc1)(OC[C@H]1O[C@@H](n2cnc3c(N)nc(Cl)nc32)[C@@H](F)[C@@H]1O)C(=O)OCC. The first kappa shape index (κ1) is 35.4. The summed E-state index contributed by atoms with van der Waals surface area (Å²) in [6.07, 6.45) is -5.76. The number of ether oxygens (including phenoxy) is 5. The fourth-order valence-corrected chi connectivity index (χ4v) is 5.47. The number of fused-ring (bicyclic) bond motifs is 1. The Morgan fingerprint density at radius 1 is 1.08 bits per heavy atom. The normalized spacial score (nSPS) is 19.1. The van der Waals surface area contributed by atoms with Crippen LogP contribution in [0, 0.1) is 0 Å². The topological polar surface area (TPSA) is 199 Å². The second-order valence-electron chi connectivity index (χ2n) is 10.8. The summed E-state index contributed by atoms with van der Waals surface area (Å²) in [5, 5.41) is 13.4. The first-order valence-electron chi connectivity index (χ1n) is 15.2. The van der Waals surface area contributed by atoms with E-state index < -0.39 is 54.7 Å². The monoisotopic (exact) mass is 700 g/mol. The smallest absolute Gasteiger partial charge is 0.350 e. The van der Waals surface area contributed by atoms with Crippen molar-refractivity contribution in [1.29, 1.82) is 0 Å². The van der Waals surface area contributed by atoms with Crippen molar-refractivity contribution in [3.05, 3.63) is 71.3 Å². The molecule has 260 valence electrons. The summed E-state index contributed by atoms with van der Waals surface area (Å²) in [4.78, 5) is 51.8. The molecule has 1 amide bonds. The summed E-state index contributed by atoms with van der Waals surface area (Å²) in [6, 6.07) is 13.0. The number of amides is 1. The summed E-state index contributed by atoms with van der Waals surface area (Å²) in [6.45, 7) is 2.26. The predicted molar refractivity (Wildman–Crippen MR) is 173 cm³/mol. The molecule has 1 fully saturated rings. The van der Waals surface area contributed by atoms with Gasteiger partial charge in [0.2, 0.25) is 5.28 Å². The molecule has 1 aliphatic rings. The second-order valence-corrected chi connectivity index (χ2v) is 11.1. The molecule has 0 spiro atoms. The average Bonchev–Trinajstić information content (AvgIpc) is 3.63. The number of aromatic nitrogens is 4. The average molecular weight is 701 g/mol. The number of aliphatic hydroxyl groups is 1. The van der Waals surface area contributed by atoms with Gasteiger partial charge in [-0.15, -0.1) is 0 Å². The van der Waals surface area contributed by atoms with Crippen LogP contribution in [0.3, 0.4) is 0 Å². The van der Waals surface area contributed by atoms with Gasteiger partial charge in [0.05, 0.1) is 38.8 Å². The van der Waals surface area contributed by atoms with Gasteiger partial charge in [-0.2, -0.15) is 9.97 Å². The van der Waals surface area contributed by atoms with E-state index in [-0.39, 0.29) is 41.9 Å². The summed E-state index contributed by atoms with van der Waals surface area (Å²) in [5.74, 6) is -2.19. The molecule has 0 bridgehead atoms. The van der Waals surface area contributed by atoms with Gasteiger partial charge >= 0.3 is 11.9 Å². The lowest BCUT2D eigenvalue weighted by Gasteiger charge is -2.30. The number of anilines is 2. The molecule has 2 aromatic carbocycles. The number of nitrogens with one attached hydrogen (secondary N) is 1. The third-order valence-corrected chi connectivity index (χ3v) is 7.88. The molecule has 1 saturated heterocycles. The van der Waals surface area contributed by atoms with Gasteiger partial charge in [0.15, 0.2) is 23.9 Å². The highest BCUT2D eigenvalue weighted by Crippen LogP contribution is 2.36. The van der Waals surface area contributed by atoms with Crippen LogP contribution in [0.5, 0.6) is 5.75 Å². The molecule has 1 aliphatic heterocycles. The molecule has 17 heteroatoms. The maximum atomic E-state index is 15.5. The van der Waals surface area contributed by atoms with E-state index in [1.165, 1.54) is 18.0 Å². The molecule has 49 heavy (non-hydrogen) atoms. The van der Waals surface area contributed by atoms with Crippen molar-refractivity contribution in [3.63, 3.8) is 0 Å². The van der Waals surface area contributed by atoms with Gasteiger partial charge in [-0.1, -0.05) is 24.3 Å². The predicted octanol–water partition coefficient (Wildman–Crippen LogP) is 3.04. The molecule has 4 atom stereocenters. The summed E-state index contributed by atoms with van der Waals surface area (Å²) in [5.41, 5.74) is 4.85. The van der Waals surface area contributed by atoms with Crippen LogP contribution in [0.1, 0.15) is 36.0 Å². The van der Waals surface area contributed by atoms with Gasteiger partial charge in [-0.3, -0.25) is 9.36 Å². The van der Waals surface area contributed by atoms with Crippen molar-refractivity contribution >= 4 is 52.1 Å². The van der Waals surface area contributed by atoms with Crippen LogP contribution < -0.4 is 15.8 Å². The van der Waals surface area contributed by atoms with Crippen LogP contribution >= 0.6 is 11.6 Å². The van der Waals surface area contributed by atoms with Crippen molar-refractivity contribution in [1.82, 2.24) is 19.5 Å². The van der Waals surface area contributed by atoms with Gasteiger partial charge in [-0.05, 0) is 55.3 Å². The molecule has 5 rings (SSSR count). The number of carbonyl (C=O) groups is 3. The third-order valence-electron chi connectivity index (χ3n) is 7.71. The van der Waals surface area contributed by atoms with Crippen molar-refractivity contribution in [2.75, 3.05) is 38.0 Å². The van der Waals surface area contributed by atoms with E-state index in [0.29, 0.717) is 22.6 Å². The number of rotatable bonds is 13. The molecular weight excluding hydrogens is 667 g/mol. The van der Waals surface area contributed by atoms with Crippen LogP contribution in [0.25, 0.3) is 11.2 Å². The Hall–Kier alpha value is -4.90. The Labute approximate surface area is 284 Å². The third kappa shape index (κ3) is 7.27. The lowest BCUT2D eigenvalue weighted by Crippen LogP contribution is -2.54. The minimum Gasteiger partial charge on any atom is -0.496 e. The summed E-state index contributed by atoms with van der Waals surface area (Å²) < 4.78 is 44.3. The highest BCUT2D eigenvalue weighted by atomic mass is 35.5. The zero-order chi connectivity index (χ0) is 35.3. The maximum Gasteiger partial charge on any atom is 0.350 e. The zero-order valence-electron chi connectivity index (χ0n) is 26.7. The largest absolute Gasteiger partial charge is 0.496 e. The van der Waals surface area contributed by atoms with E-state index >= 15 is 4.39 Å². The number of imidazole rings is 1. The van der Waals surface area contributed by atoms with Gasteiger partial charge < -0.3 is 39.8 Å². The Morgan fingerprint density at radius 2 is 1.76 bits per heavy atom. The van der Waals surface area contributed by atoms with Crippen LogP contribution in [0.15, 0.2) is 54.9 Å². The lowest BCUT2D eigenvalue weighted by atomic mass is 9.93. The van der Waals surface area contributed by atoms with Crippen molar-refractivity contribution in [2.45, 2.75) is 50.5 Å². The first-order chi connectivity index (χ1) is 23.5. The standard InChI is InChI=1S/C32H34ClFN6O9/c1-4-46-29(43)32(30(44)47-5-2,14-17-10-12-18(13-11-17)37-27(42)19-8-6-7-9-20(19)45-3)48-15-21-24(41)22(34)28(49-21)40-16-36-23-25(35)38-31(33)39-26(23)40/h6-13,16,21-22,24,28,41H,4-5,14-15H2,1-3H3,(H,37,42)(H2,35,38,39)/t21-,22+,24-,28-/m1/s1. The summed E-state index contributed by atoms with van der Waals surface area (Å²) >= 11 is 5.94. The minimum absolute atomic E-state index is 0.0388. The molecule has 4 aromatic rings. The Bertz CT molecular complexity index is 1810. The Morgan fingerprint density at radius 3 is 2.41 bits per heavy atom. The van der Waals surface area contributed by atoms with E-state index in [2.05, 4.69) is 20.3 Å². The first-order valence-corrected chi connectivity index (χ1v) is 15.6. The highest BCUT2D eigenvalue weighted by molar-refractivity contribution is 6.28. The molecule has 0 aliphatic carbocycles. The number of methoxy groups -OCH3 is 1. The van der Waals surface area contributed by atoms with Gasteiger partial charge in [0.25, 0.3) is 11.5 Å². The van der Waals surface area contributed by atoms with E-state index in [1.807, 2.05) is 0 Å². The van der Waals surface area contributed by atoms with Crippen LogP contribution in [-0.4, -0.2) is 93.4 Å². The van der Waals surface area contributed by atoms with E-state index in [9.17, 15) is 19.5 Å². The number of nitrogen functional groups attached to an aromatic ring is 1. The lowest BCUT2D eigenvalue weighted by molar-refractivity contribution is -0.197. The minimum atomic E-state index is -2.38. The maximum absolute atomic E-state index is 15.5. The number of benzene rings is 2. The van der Waals surface area contributed by atoms with Gasteiger partial charge in [-0.25, -0.2) is 19.0 Å². The van der Waals surface area contributed by atoms with Crippen LogP contribution in [0.2, 0.25) is 5.28 Å². The number of nitrogens with zero attached hydrogens (tertiary/aromatic N) is 4. The molecule has 0 radical (unpaired) electrons. The van der Waals surface area contributed by atoms with Crippen LogP contribution in [0.4, 0.5) is 15.9 Å². The molecular formula is C32H34ClFN6O9. The fourth-order valence-electron chi connectivity index (χ4n) is 5.30. The van der Waals surface area contributed by atoms with Crippen LogP contribution in [-0.2, 0) is 35.0 Å². The number of esters is 2. The fraction of sp³-hybridized carbons (Fsp3) is 0.375. The summed E-state index contributed by atoms with van der Waals surface area (Å²) in [7, 11) is 1.46. The van der Waals surface area contributed by atoms with Gasteiger partial charge in [0, 0.05) is 12.1 Å². The van der Waals surface area contributed by atoms with Gasteiger partial charge in [0.1, 0.15) is 23.5 Å². The number of nitrogens with two attached hydrogens (primary N) is 1. The number of halogens is 2. The van der Waals surface area contributed by atoms with Crippen molar-refractivity contribution in [2.24, 2.45) is 0 Å². The van der Waals surface area contributed by atoms with Crippen molar-refractivity contribution < 1.29 is 47.6 Å². The number of hydrogen-bond donors (Lipinski definition) is 3. The zero-order valence-corrected chi connectivity index (χ0v) is 27.4. The number of alkyl halides is 1. The number of carbonyl (C=O) groups excluding carboxylic acids is 3. The van der Waals surface area contributed by atoms with E-state index in [0.717, 1.165) is 0 Å². The number of para-hydroxylation sites is 1. The van der Waals surface area contributed by atoms with E-state index in [1.54, 1.807) is 62.4 Å². The molecule has 0 unspecified atom stereocenters.